The van der Waals surface area contributed by atoms with Crippen molar-refractivity contribution in [1.29, 1.82) is 0 Å². The molecule has 1 aliphatic rings. The molecule has 60 valence electrons. The van der Waals surface area contributed by atoms with Crippen LogP contribution in [0.2, 0.25) is 0 Å². The highest BCUT2D eigenvalue weighted by molar-refractivity contribution is 7.90. The zero-order valence-corrected chi connectivity index (χ0v) is 7.11. The average molecular weight is 163 g/mol. The number of nitrogens with one attached hydrogen (secondary N) is 1. The van der Waals surface area contributed by atoms with E-state index >= 15 is 0 Å². The molecule has 0 saturated carbocycles. The Balaban J connectivity index is 2.80. The van der Waals surface area contributed by atoms with E-state index in [-0.39, 0.29) is 5.25 Å². The third kappa shape index (κ3) is 1.32. The van der Waals surface area contributed by atoms with Crippen LogP contribution in [-0.4, -0.2) is 20.2 Å². The molecular weight excluding hydrogens is 150 g/mol. The fourth-order valence-corrected chi connectivity index (χ4v) is 2.51. The topological polar surface area (TPSA) is 46.2 Å². The number of rotatable bonds is 0. The number of hydrogen-bond acceptors (Lipinski definition) is 2. The highest BCUT2D eigenvalue weighted by atomic mass is 32.2. The van der Waals surface area contributed by atoms with Gasteiger partial charge in [0.2, 0.25) is 10.0 Å². The summed E-state index contributed by atoms with van der Waals surface area (Å²) in [5.41, 5.74) is 0. The molecule has 0 aromatic heterocycles. The van der Waals surface area contributed by atoms with Crippen LogP contribution in [0.25, 0.3) is 0 Å². The van der Waals surface area contributed by atoms with Crippen LogP contribution in [0.3, 0.4) is 0 Å². The largest absolute Gasteiger partial charge is 0.215 e. The Labute approximate surface area is 61.9 Å². The van der Waals surface area contributed by atoms with E-state index in [1.54, 1.807) is 6.92 Å². The van der Waals surface area contributed by atoms with Gasteiger partial charge in [0.15, 0.2) is 0 Å². The molecule has 3 nitrogen and oxygen atoms in total. The van der Waals surface area contributed by atoms with Crippen molar-refractivity contribution in [2.24, 2.45) is 5.92 Å². The first-order valence-corrected chi connectivity index (χ1v) is 5.07. The zero-order valence-electron chi connectivity index (χ0n) is 6.29. The molecular formula is C6H13NO2S. The minimum atomic E-state index is -2.96. The van der Waals surface area contributed by atoms with Gasteiger partial charge in [-0.1, -0.05) is 6.92 Å². The van der Waals surface area contributed by atoms with E-state index in [4.69, 9.17) is 0 Å². The van der Waals surface area contributed by atoms with E-state index in [2.05, 4.69) is 4.72 Å². The number of hydrogen-bond donors (Lipinski definition) is 1. The molecule has 0 aliphatic carbocycles. The van der Waals surface area contributed by atoms with Gasteiger partial charge in [0, 0.05) is 6.54 Å². The normalized spacial score (nSPS) is 39.4. The van der Waals surface area contributed by atoms with Crippen molar-refractivity contribution in [1.82, 2.24) is 4.72 Å². The molecule has 1 saturated heterocycles. The van der Waals surface area contributed by atoms with Crippen molar-refractivity contribution in [3.05, 3.63) is 0 Å². The van der Waals surface area contributed by atoms with Gasteiger partial charge < -0.3 is 0 Å². The highest BCUT2D eigenvalue weighted by Gasteiger charge is 2.29. The summed E-state index contributed by atoms with van der Waals surface area (Å²) < 4.78 is 24.7. The maximum absolute atomic E-state index is 11.1. The van der Waals surface area contributed by atoms with Crippen LogP contribution in [0.15, 0.2) is 0 Å². The SMILES string of the molecule is CC1CCNS(=O)(=O)C1C. The van der Waals surface area contributed by atoms with Gasteiger partial charge >= 0.3 is 0 Å². The lowest BCUT2D eigenvalue weighted by molar-refractivity contribution is 0.453. The Bertz CT molecular complexity index is 210. The van der Waals surface area contributed by atoms with Crippen molar-refractivity contribution in [3.63, 3.8) is 0 Å². The van der Waals surface area contributed by atoms with Gasteiger partial charge in [-0.2, -0.15) is 0 Å². The second kappa shape index (κ2) is 2.51. The second-order valence-corrected chi connectivity index (χ2v) is 5.03. The predicted molar refractivity (Wildman–Crippen MR) is 40.2 cm³/mol. The Morgan fingerprint density at radius 2 is 2.00 bits per heavy atom. The summed E-state index contributed by atoms with van der Waals surface area (Å²) in [6.07, 6.45) is 0.959. The summed E-state index contributed by atoms with van der Waals surface area (Å²) in [7, 11) is -2.96. The molecule has 0 aromatic carbocycles. The van der Waals surface area contributed by atoms with Crippen LogP contribution < -0.4 is 4.72 Å². The summed E-state index contributed by atoms with van der Waals surface area (Å²) in [5.74, 6) is 0.297. The molecule has 10 heavy (non-hydrogen) atoms. The van der Waals surface area contributed by atoms with E-state index < -0.39 is 10.0 Å². The van der Waals surface area contributed by atoms with Crippen molar-refractivity contribution in [2.45, 2.75) is 25.5 Å². The molecule has 0 aromatic rings. The molecule has 0 bridgehead atoms. The van der Waals surface area contributed by atoms with E-state index in [1.165, 1.54) is 0 Å². The van der Waals surface area contributed by atoms with Gasteiger partial charge in [0.25, 0.3) is 0 Å². The maximum atomic E-state index is 11.1. The smallest absolute Gasteiger partial charge is 0.214 e. The first-order valence-electron chi connectivity index (χ1n) is 3.52. The summed E-state index contributed by atoms with van der Waals surface area (Å²) in [6.45, 7) is 4.34. The molecule has 1 heterocycles. The molecule has 0 spiro atoms. The van der Waals surface area contributed by atoms with Crippen LogP contribution in [0.4, 0.5) is 0 Å². The summed E-state index contributed by atoms with van der Waals surface area (Å²) in [5, 5.41) is -0.221. The summed E-state index contributed by atoms with van der Waals surface area (Å²) in [6, 6.07) is 0. The average Bonchev–Trinajstić information content (AvgIpc) is 1.83. The quantitative estimate of drug-likeness (QED) is 0.559. The van der Waals surface area contributed by atoms with Gasteiger partial charge in [0.05, 0.1) is 5.25 Å². The van der Waals surface area contributed by atoms with Gasteiger partial charge in [0.1, 0.15) is 0 Å². The maximum Gasteiger partial charge on any atom is 0.214 e. The molecule has 1 aliphatic heterocycles. The molecule has 0 radical (unpaired) electrons. The molecule has 1 N–H and O–H groups in total. The minimum absolute atomic E-state index is 0.221. The first-order chi connectivity index (χ1) is 4.54. The van der Waals surface area contributed by atoms with Crippen LogP contribution in [0.1, 0.15) is 20.3 Å². The predicted octanol–water partition coefficient (Wildman–Crippen LogP) is 0.334. The Morgan fingerprint density at radius 3 is 2.40 bits per heavy atom. The van der Waals surface area contributed by atoms with Gasteiger partial charge in [-0.3, -0.25) is 0 Å². The molecule has 4 heteroatoms. The van der Waals surface area contributed by atoms with E-state index in [0.29, 0.717) is 12.5 Å². The van der Waals surface area contributed by atoms with Crippen LogP contribution >= 0.6 is 0 Å². The fraction of sp³-hybridized carbons (Fsp3) is 1.00. The minimum Gasteiger partial charge on any atom is -0.215 e. The fourth-order valence-electron chi connectivity index (χ4n) is 1.10. The zero-order chi connectivity index (χ0) is 7.78. The Kier molecular flexibility index (Phi) is 2.01. The Hall–Kier alpha value is -0.0900. The summed E-state index contributed by atoms with van der Waals surface area (Å²) in [4.78, 5) is 0. The highest BCUT2D eigenvalue weighted by Crippen LogP contribution is 2.18. The molecule has 1 rings (SSSR count). The molecule has 0 amide bonds. The third-order valence-electron chi connectivity index (χ3n) is 2.19. The standard InChI is InChI=1S/C6H13NO2S/c1-5-3-4-7-10(8,9)6(5)2/h5-7H,3-4H2,1-2H3. The van der Waals surface area contributed by atoms with E-state index in [9.17, 15) is 8.42 Å². The third-order valence-corrected chi connectivity index (χ3v) is 4.24. The number of sulfonamides is 1. The molecule has 2 atom stereocenters. The van der Waals surface area contributed by atoms with Crippen LogP contribution in [0, 0.1) is 5.92 Å². The lowest BCUT2D eigenvalue weighted by atomic mass is 10.1. The van der Waals surface area contributed by atoms with Crippen LogP contribution in [-0.2, 0) is 10.0 Å². The second-order valence-electron chi connectivity index (χ2n) is 2.91. The monoisotopic (exact) mass is 163 g/mol. The van der Waals surface area contributed by atoms with Crippen molar-refractivity contribution < 1.29 is 8.42 Å². The summed E-state index contributed by atoms with van der Waals surface area (Å²) >= 11 is 0. The van der Waals surface area contributed by atoms with Gasteiger partial charge in [-0.15, -0.1) is 0 Å². The van der Waals surface area contributed by atoms with Gasteiger partial charge in [-0.05, 0) is 19.3 Å². The molecule has 1 fully saturated rings. The van der Waals surface area contributed by atoms with Crippen molar-refractivity contribution in [3.8, 4) is 0 Å². The van der Waals surface area contributed by atoms with E-state index in [1.807, 2.05) is 6.92 Å². The van der Waals surface area contributed by atoms with Crippen molar-refractivity contribution >= 4 is 10.0 Å². The first kappa shape index (κ1) is 8.01. The lowest BCUT2D eigenvalue weighted by Gasteiger charge is -2.25. The molecule has 2 unspecified atom stereocenters. The van der Waals surface area contributed by atoms with E-state index in [0.717, 1.165) is 6.42 Å². The Morgan fingerprint density at radius 1 is 1.40 bits per heavy atom. The van der Waals surface area contributed by atoms with Crippen LogP contribution in [0.5, 0.6) is 0 Å². The lowest BCUT2D eigenvalue weighted by Crippen LogP contribution is -2.42. The van der Waals surface area contributed by atoms with Crippen molar-refractivity contribution in [2.75, 3.05) is 6.54 Å². The van der Waals surface area contributed by atoms with Gasteiger partial charge in [-0.25, -0.2) is 13.1 Å².